The van der Waals surface area contributed by atoms with Gasteiger partial charge in [0.25, 0.3) is 0 Å². The Labute approximate surface area is 103 Å². The standard InChI is InChI=1S/C11H22N2O3S/c1-8-4-13(5-9(8)12(2)3)10-6-17(15,16)7-11(10)14/h8-11,14H,4-7H2,1-3H3. The van der Waals surface area contributed by atoms with Gasteiger partial charge in [-0.3, -0.25) is 4.90 Å². The van der Waals surface area contributed by atoms with Crippen LogP contribution in [0.3, 0.4) is 0 Å². The van der Waals surface area contributed by atoms with Crippen molar-refractivity contribution in [2.45, 2.75) is 25.1 Å². The highest BCUT2D eigenvalue weighted by atomic mass is 32.2. The average molecular weight is 262 g/mol. The molecule has 0 radical (unpaired) electrons. The van der Waals surface area contributed by atoms with Gasteiger partial charge in [0.1, 0.15) is 0 Å². The first-order chi connectivity index (χ1) is 7.80. The molecule has 2 aliphatic rings. The number of aliphatic hydroxyl groups excluding tert-OH is 1. The van der Waals surface area contributed by atoms with Gasteiger partial charge in [0, 0.05) is 19.1 Å². The van der Waals surface area contributed by atoms with Gasteiger partial charge in [0.05, 0.1) is 23.7 Å². The molecule has 0 spiro atoms. The summed E-state index contributed by atoms with van der Waals surface area (Å²) in [4.78, 5) is 4.32. The molecule has 0 aromatic heterocycles. The topological polar surface area (TPSA) is 60.9 Å². The van der Waals surface area contributed by atoms with Gasteiger partial charge in [-0.15, -0.1) is 0 Å². The Bertz CT molecular complexity index is 382. The zero-order chi connectivity index (χ0) is 12.8. The molecule has 4 unspecified atom stereocenters. The molecular formula is C11H22N2O3S. The van der Waals surface area contributed by atoms with Gasteiger partial charge in [-0.2, -0.15) is 0 Å². The van der Waals surface area contributed by atoms with Crippen LogP contribution in [0.2, 0.25) is 0 Å². The van der Waals surface area contributed by atoms with E-state index in [1.165, 1.54) is 0 Å². The lowest BCUT2D eigenvalue weighted by atomic mass is 10.1. The Kier molecular flexibility index (Phi) is 3.51. The van der Waals surface area contributed by atoms with Crippen molar-refractivity contribution < 1.29 is 13.5 Å². The molecule has 2 aliphatic heterocycles. The van der Waals surface area contributed by atoms with Gasteiger partial charge in [0.15, 0.2) is 9.84 Å². The first kappa shape index (κ1) is 13.3. The van der Waals surface area contributed by atoms with Crippen LogP contribution in [0.25, 0.3) is 0 Å². The molecule has 4 atom stereocenters. The molecule has 0 aliphatic carbocycles. The van der Waals surface area contributed by atoms with Gasteiger partial charge in [-0.25, -0.2) is 8.42 Å². The molecule has 0 aromatic rings. The largest absolute Gasteiger partial charge is 0.390 e. The minimum Gasteiger partial charge on any atom is -0.390 e. The first-order valence-corrected chi connectivity index (χ1v) is 7.91. The first-order valence-electron chi connectivity index (χ1n) is 6.09. The van der Waals surface area contributed by atoms with Crippen molar-refractivity contribution in [1.29, 1.82) is 0 Å². The summed E-state index contributed by atoms with van der Waals surface area (Å²) in [5.41, 5.74) is 0. The predicted octanol–water partition coefficient (Wildman–Crippen LogP) is -0.974. The van der Waals surface area contributed by atoms with E-state index in [-0.39, 0.29) is 17.5 Å². The number of aliphatic hydroxyl groups is 1. The molecule has 2 heterocycles. The van der Waals surface area contributed by atoms with E-state index in [1.54, 1.807) is 0 Å². The fraction of sp³-hybridized carbons (Fsp3) is 1.00. The summed E-state index contributed by atoms with van der Waals surface area (Å²) in [6.07, 6.45) is -0.715. The van der Waals surface area contributed by atoms with Crippen molar-refractivity contribution in [2.24, 2.45) is 5.92 Å². The molecule has 1 N–H and O–H groups in total. The number of likely N-dealkylation sites (N-methyl/N-ethyl adjacent to an activating group) is 1. The van der Waals surface area contributed by atoms with Gasteiger partial charge < -0.3 is 10.0 Å². The number of hydrogen-bond acceptors (Lipinski definition) is 5. The summed E-state index contributed by atoms with van der Waals surface area (Å²) in [6, 6.07) is 0.248. The Morgan fingerprint density at radius 2 is 1.88 bits per heavy atom. The lowest BCUT2D eigenvalue weighted by molar-refractivity contribution is 0.0937. The molecule has 5 nitrogen and oxygen atoms in total. The molecule has 100 valence electrons. The van der Waals surface area contributed by atoms with Crippen molar-refractivity contribution in [3.8, 4) is 0 Å². The van der Waals surface area contributed by atoms with Crippen molar-refractivity contribution in [2.75, 3.05) is 38.7 Å². The highest BCUT2D eigenvalue weighted by Gasteiger charge is 2.44. The molecule has 0 aromatic carbocycles. The summed E-state index contributed by atoms with van der Waals surface area (Å²) in [5, 5.41) is 9.86. The number of rotatable bonds is 2. The Morgan fingerprint density at radius 3 is 2.29 bits per heavy atom. The number of nitrogens with zero attached hydrogens (tertiary/aromatic N) is 2. The lowest BCUT2D eigenvalue weighted by Gasteiger charge is -2.26. The van der Waals surface area contributed by atoms with Gasteiger partial charge in [0.2, 0.25) is 0 Å². The Balaban J connectivity index is 2.06. The summed E-state index contributed by atoms with van der Waals surface area (Å²) >= 11 is 0. The highest BCUT2D eigenvalue weighted by Crippen LogP contribution is 2.27. The van der Waals surface area contributed by atoms with Crippen LogP contribution in [0, 0.1) is 5.92 Å². The van der Waals surface area contributed by atoms with Crippen LogP contribution >= 0.6 is 0 Å². The van der Waals surface area contributed by atoms with E-state index in [4.69, 9.17) is 0 Å². The number of hydrogen-bond donors (Lipinski definition) is 1. The molecule has 0 bridgehead atoms. The van der Waals surface area contributed by atoms with Gasteiger partial charge in [-0.05, 0) is 20.0 Å². The number of sulfone groups is 1. The van der Waals surface area contributed by atoms with Gasteiger partial charge in [-0.1, -0.05) is 6.92 Å². The smallest absolute Gasteiger partial charge is 0.154 e. The summed E-state index contributed by atoms with van der Waals surface area (Å²) in [7, 11) is 1.05. The van der Waals surface area contributed by atoms with Crippen molar-refractivity contribution in [3.05, 3.63) is 0 Å². The quantitative estimate of drug-likeness (QED) is 0.693. The van der Waals surface area contributed by atoms with Crippen LogP contribution < -0.4 is 0 Å². The predicted molar refractivity (Wildman–Crippen MR) is 66.7 cm³/mol. The fourth-order valence-electron chi connectivity index (χ4n) is 3.09. The zero-order valence-electron chi connectivity index (χ0n) is 10.7. The molecule has 0 saturated carbocycles. The SMILES string of the molecule is CC1CN(C2CS(=O)(=O)CC2O)CC1N(C)C. The zero-order valence-corrected chi connectivity index (χ0v) is 11.5. The van der Waals surface area contributed by atoms with E-state index in [9.17, 15) is 13.5 Å². The summed E-state index contributed by atoms with van der Waals surface area (Å²) in [6.45, 7) is 3.91. The third kappa shape index (κ3) is 2.65. The second-order valence-electron chi connectivity index (χ2n) is 5.67. The second kappa shape index (κ2) is 4.50. The van der Waals surface area contributed by atoms with Crippen LogP contribution in [-0.2, 0) is 9.84 Å². The average Bonchev–Trinajstić information content (AvgIpc) is 2.66. The molecule has 0 amide bonds. The van der Waals surface area contributed by atoms with E-state index in [2.05, 4.69) is 16.7 Å². The third-order valence-corrected chi connectivity index (χ3v) is 5.73. The van der Waals surface area contributed by atoms with Crippen LogP contribution in [0.15, 0.2) is 0 Å². The number of likely N-dealkylation sites (tertiary alicyclic amines) is 1. The van der Waals surface area contributed by atoms with E-state index in [0.29, 0.717) is 12.0 Å². The third-order valence-electron chi connectivity index (χ3n) is 4.03. The minimum atomic E-state index is -3.04. The summed E-state index contributed by atoms with van der Waals surface area (Å²) < 4.78 is 23.0. The van der Waals surface area contributed by atoms with Crippen LogP contribution in [0.5, 0.6) is 0 Å². The molecule has 6 heteroatoms. The Morgan fingerprint density at radius 1 is 1.24 bits per heavy atom. The summed E-state index contributed by atoms with van der Waals surface area (Å²) in [5.74, 6) is 0.552. The van der Waals surface area contributed by atoms with Crippen LogP contribution in [-0.4, -0.2) is 80.2 Å². The molecule has 17 heavy (non-hydrogen) atoms. The van der Waals surface area contributed by atoms with Crippen LogP contribution in [0.1, 0.15) is 6.92 Å². The maximum absolute atomic E-state index is 11.5. The highest BCUT2D eigenvalue weighted by molar-refractivity contribution is 7.91. The lowest BCUT2D eigenvalue weighted by Crippen LogP contribution is -2.43. The maximum atomic E-state index is 11.5. The van der Waals surface area contributed by atoms with E-state index >= 15 is 0 Å². The normalized spacial score (nSPS) is 42.4. The second-order valence-corrected chi connectivity index (χ2v) is 7.83. The van der Waals surface area contributed by atoms with Crippen LogP contribution in [0.4, 0.5) is 0 Å². The van der Waals surface area contributed by atoms with E-state index in [0.717, 1.165) is 13.1 Å². The maximum Gasteiger partial charge on any atom is 0.154 e. The minimum absolute atomic E-state index is 0.0742. The molecule has 2 rings (SSSR count). The van der Waals surface area contributed by atoms with Crippen molar-refractivity contribution >= 4 is 9.84 Å². The fourth-order valence-corrected chi connectivity index (χ4v) is 4.92. The monoisotopic (exact) mass is 262 g/mol. The van der Waals surface area contributed by atoms with Crippen molar-refractivity contribution in [1.82, 2.24) is 9.80 Å². The Hall–Kier alpha value is -0.170. The van der Waals surface area contributed by atoms with E-state index in [1.807, 2.05) is 14.1 Å². The molecule has 2 saturated heterocycles. The molecule has 2 fully saturated rings. The molecular weight excluding hydrogens is 240 g/mol. The van der Waals surface area contributed by atoms with E-state index < -0.39 is 15.9 Å². The van der Waals surface area contributed by atoms with Gasteiger partial charge >= 0.3 is 0 Å². The van der Waals surface area contributed by atoms with Crippen molar-refractivity contribution in [3.63, 3.8) is 0 Å².